The first-order valence-electron chi connectivity index (χ1n) is 6.29. The molecule has 0 radical (unpaired) electrons. The molecule has 0 saturated heterocycles. The summed E-state index contributed by atoms with van der Waals surface area (Å²) < 4.78 is 54.7. The van der Waals surface area contributed by atoms with Crippen molar-refractivity contribution in [1.29, 1.82) is 0 Å². The fraction of sp³-hybridized carbons (Fsp3) is 0.143. The molecule has 0 amide bonds. The Labute approximate surface area is 122 Å². The van der Waals surface area contributed by atoms with Gasteiger partial charge in [-0.05, 0) is 18.2 Å². The molecular formula is C14H10F4N4. The first-order chi connectivity index (χ1) is 10.4. The molecule has 114 valence electrons. The SMILES string of the molecule is Fc1ccc(-n2cnc(Cn3ccnc3)c2)cc1C(F)(F)F. The molecule has 0 aliphatic carbocycles. The second kappa shape index (κ2) is 5.28. The lowest BCUT2D eigenvalue weighted by Crippen LogP contribution is -2.09. The van der Waals surface area contributed by atoms with Gasteiger partial charge >= 0.3 is 6.18 Å². The van der Waals surface area contributed by atoms with Crippen LogP contribution in [0.15, 0.2) is 49.4 Å². The van der Waals surface area contributed by atoms with Crippen molar-refractivity contribution >= 4 is 0 Å². The van der Waals surface area contributed by atoms with Gasteiger partial charge in [0, 0.05) is 24.3 Å². The van der Waals surface area contributed by atoms with E-state index in [1.54, 1.807) is 29.5 Å². The molecule has 4 nitrogen and oxygen atoms in total. The number of alkyl halides is 3. The smallest absolute Gasteiger partial charge is 0.331 e. The van der Waals surface area contributed by atoms with Crippen LogP contribution < -0.4 is 0 Å². The van der Waals surface area contributed by atoms with E-state index in [1.807, 2.05) is 0 Å². The van der Waals surface area contributed by atoms with E-state index in [2.05, 4.69) is 9.97 Å². The molecule has 8 heteroatoms. The highest BCUT2D eigenvalue weighted by Gasteiger charge is 2.34. The van der Waals surface area contributed by atoms with Gasteiger partial charge in [0.25, 0.3) is 0 Å². The zero-order valence-electron chi connectivity index (χ0n) is 11.1. The Morgan fingerprint density at radius 3 is 2.64 bits per heavy atom. The highest BCUT2D eigenvalue weighted by atomic mass is 19.4. The number of aromatic nitrogens is 4. The van der Waals surface area contributed by atoms with E-state index in [9.17, 15) is 17.6 Å². The molecule has 3 rings (SSSR count). The molecule has 2 heterocycles. The first-order valence-corrected chi connectivity index (χ1v) is 6.29. The number of imidazole rings is 2. The van der Waals surface area contributed by atoms with Crippen LogP contribution in [0.1, 0.15) is 11.3 Å². The van der Waals surface area contributed by atoms with Gasteiger partial charge in [0.05, 0.1) is 30.5 Å². The number of hydrogen-bond donors (Lipinski definition) is 0. The Bertz CT molecular complexity index is 774. The Morgan fingerprint density at radius 2 is 1.95 bits per heavy atom. The summed E-state index contributed by atoms with van der Waals surface area (Å²) in [5.41, 5.74) is -0.455. The Kier molecular flexibility index (Phi) is 3.44. The minimum atomic E-state index is -4.74. The van der Waals surface area contributed by atoms with E-state index < -0.39 is 17.6 Å². The summed E-state index contributed by atoms with van der Waals surface area (Å²) in [6.45, 7) is 0.445. The minimum Gasteiger partial charge on any atom is -0.331 e. The third-order valence-corrected chi connectivity index (χ3v) is 3.09. The van der Waals surface area contributed by atoms with Crippen LogP contribution in [0, 0.1) is 5.82 Å². The van der Waals surface area contributed by atoms with Crippen LogP contribution in [0.4, 0.5) is 17.6 Å². The fourth-order valence-corrected chi connectivity index (χ4v) is 2.04. The third kappa shape index (κ3) is 2.85. The third-order valence-electron chi connectivity index (χ3n) is 3.09. The van der Waals surface area contributed by atoms with E-state index >= 15 is 0 Å². The van der Waals surface area contributed by atoms with E-state index in [0.717, 1.165) is 12.1 Å². The van der Waals surface area contributed by atoms with Gasteiger partial charge in [-0.1, -0.05) is 0 Å². The van der Waals surface area contributed by atoms with Gasteiger partial charge in [-0.2, -0.15) is 13.2 Å². The number of rotatable bonds is 3. The standard InChI is InChI=1S/C14H10F4N4/c15-13-2-1-11(5-12(13)14(16,17)18)22-7-10(20-9-22)6-21-4-3-19-8-21/h1-5,7-9H,6H2. The highest BCUT2D eigenvalue weighted by molar-refractivity contribution is 5.38. The molecule has 0 spiro atoms. The molecule has 1 aromatic carbocycles. The lowest BCUT2D eigenvalue weighted by molar-refractivity contribution is -0.140. The molecule has 0 aliphatic heterocycles. The van der Waals surface area contributed by atoms with Gasteiger partial charge in [0.1, 0.15) is 5.82 Å². The van der Waals surface area contributed by atoms with Crippen LogP contribution in [0.3, 0.4) is 0 Å². The largest absolute Gasteiger partial charge is 0.419 e. The average molecular weight is 310 g/mol. The summed E-state index contributed by atoms with van der Waals surface area (Å²) in [7, 11) is 0. The molecule has 22 heavy (non-hydrogen) atoms. The molecular weight excluding hydrogens is 300 g/mol. The maximum absolute atomic E-state index is 13.3. The molecule has 0 fully saturated rings. The molecule has 0 atom stereocenters. The van der Waals surface area contributed by atoms with Crippen LogP contribution in [-0.4, -0.2) is 19.1 Å². The van der Waals surface area contributed by atoms with Gasteiger partial charge in [-0.15, -0.1) is 0 Å². The molecule has 2 aromatic heterocycles. The first kappa shape index (κ1) is 14.3. The van der Waals surface area contributed by atoms with Gasteiger partial charge in [0.15, 0.2) is 0 Å². The van der Waals surface area contributed by atoms with Crippen molar-refractivity contribution < 1.29 is 17.6 Å². The van der Waals surface area contributed by atoms with Gasteiger partial charge in [-0.3, -0.25) is 0 Å². The van der Waals surface area contributed by atoms with E-state index in [-0.39, 0.29) is 5.69 Å². The zero-order valence-corrected chi connectivity index (χ0v) is 11.1. The van der Waals surface area contributed by atoms with E-state index in [0.29, 0.717) is 12.2 Å². The van der Waals surface area contributed by atoms with Crippen molar-refractivity contribution in [2.24, 2.45) is 0 Å². The molecule has 0 saturated carbocycles. The minimum absolute atomic E-state index is 0.193. The highest BCUT2D eigenvalue weighted by Crippen LogP contribution is 2.32. The summed E-state index contributed by atoms with van der Waals surface area (Å²) in [6.07, 6.45) is 3.22. The van der Waals surface area contributed by atoms with Crippen molar-refractivity contribution in [3.63, 3.8) is 0 Å². The second-order valence-corrected chi connectivity index (χ2v) is 4.67. The normalized spacial score (nSPS) is 11.8. The van der Waals surface area contributed by atoms with Crippen molar-refractivity contribution in [1.82, 2.24) is 19.1 Å². The van der Waals surface area contributed by atoms with Crippen LogP contribution in [0.2, 0.25) is 0 Å². The van der Waals surface area contributed by atoms with Crippen LogP contribution in [-0.2, 0) is 12.7 Å². The molecule has 0 bridgehead atoms. The molecule has 0 N–H and O–H groups in total. The fourth-order valence-electron chi connectivity index (χ4n) is 2.04. The Morgan fingerprint density at radius 1 is 1.14 bits per heavy atom. The van der Waals surface area contributed by atoms with Crippen molar-refractivity contribution in [3.05, 3.63) is 66.5 Å². The summed E-state index contributed by atoms with van der Waals surface area (Å²) in [5.74, 6) is -1.30. The predicted molar refractivity (Wildman–Crippen MR) is 69.9 cm³/mol. The average Bonchev–Trinajstić information content (AvgIpc) is 3.10. The molecule has 0 unspecified atom stereocenters. The Hall–Kier alpha value is -2.64. The van der Waals surface area contributed by atoms with Gasteiger partial charge in [0.2, 0.25) is 0 Å². The second-order valence-electron chi connectivity index (χ2n) is 4.67. The van der Waals surface area contributed by atoms with Gasteiger partial charge in [-0.25, -0.2) is 14.4 Å². The molecule has 0 aliphatic rings. The number of benzene rings is 1. The van der Waals surface area contributed by atoms with Crippen LogP contribution in [0.5, 0.6) is 0 Å². The van der Waals surface area contributed by atoms with Crippen molar-refractivity contribution in [2.75, 3.05) is 0 Å². The summed E-state index contributed by atoms with van der Waals surface area (Å²) in [4.78, 5) is 8.01. The zero-order chi connectivity index (χ0) is 15.7. The quantitative estimate of drug-likeness (QED) is 0.696. The number of nitrogens with zero attached hydrogens (tertiary/aromatic N) is 4. The van der Waals surface area contributed by atoms with Crippen LogP contribution >= 0.6 is 0 Å². The van der Waals surface area contributed by atoms with Crippen molar-refractivity contribution in [2.45, 2.75) is 12.7 Å². The van der Waals surface area contributed by atoms with E-state index in [1.165, 1.54) is 17.0 Å². The predicted octanol–water partition coefficient (Wildman–Crippen LogP) is 3.28. The molecule has 3 aromatic rings. The van der Waals surface area contributed by atoms with Gasteiger partial charge < -0.3 is 9.13 Å². The summed E-state index contributed by atoms with van der Waals surface area (Å²) in [5, 5.41) is 0. The van der Waals surface area contributed by atoms with E-state index in [4.69, 9.17) is 0 Å². The summed E-state index contributed by atoms with van der Waals surface area (Å²) in [6, 6.07) is 2.83. The summed E-state index contributed by atoms with van der Waals surface area (Å²) >= 11 is 0. The monoisotopic (exact) mass is 310 g/mol. The Balaban J connectivity index is 1.90. The van der Waals surface area contributed by atoms with Crippen LogP contribution in [0.25, 0.3) is 5.69 Å². The topological polar surface area (TPSA) is 35.6 Å². The lowest BCUT2D eigenvalue weighted by atomic mass is 10.2. The number of hydrogen-bond acceptors (Lipinski definition) is 2. The number of halogens is 4. The maximum atomic E-state index is 13.3. The van der Waals surface area contributed by atoms with Crippen molar-refractivity contribution in [3.8, 4) is 5.69 Å². The lowest BCUT2D eigenvalue weighted by Gasteiger charge is -2.10. The maximum Gasteiger partial charge on any atom is 0.419 e.